The molecule has 0 aliphatic heterocycles. The molecule has 1 heterocycles. The smallest absolute Gasteiger partial charge is 0.267 e. The first kappa shape index (κ1) is 18.9. The van der Waals surface area contributed by atoms with Crippen molar-refractivity contribution in [2.45, 2.75) is 26.9 Å². The molecule has 0 atom stereocenters. The van der Waals surface area contributed by atoms with Gasteiger partial charge in [-0.2, -0.15) is 5.10 Å². The maximum atomic E-state index is 12.3. The van der Waals surface area contributed by atoms with Gasteiger partial charge in [0.1, 0.15) is 6.54 Å². The van der Waals surface area contributed by atoms with E-state index in [1.54, 1.807) is 12.1 Å². The Balaban J connectivity index is 1.75. The van der Waals surface area contributed by atoms with Crippen molar-refractivity contribution >= 4 is 17.5 Å². The number of benzene rings is 2. The zero-order valence-electron chi connectivity index (χ0n) is 15.2. The van der Waals surface area contributed by atoms with E-state index in [2.05, 4.69) is 16.5 Å². The molecule has 3 rings (SSSR count). The van der Waals surface area contributed by atoms with Crippen LogP contribution in [-0.2, 0) is 17.9 Å². The summed E-state index contributed by atoms with van der Waals surface area (Å²) in [6, 6.07) is 16.4. The monoisotopic (exact) mass is 381 g/mol. The summed E-state index contributed by atoms with van der Waals surface area (Å²) in [5.41, 5.74) is 4.31. The third-order valence-corrected chi connectivity index (χ3v) is 4.62. The van der Waals surface area contributed by atoms with E-state index in [-0.39, 0.29) is 18.0 Å². The van der Waals surface area contributed by atoms with Crippen molar-refractivity contribution in [2.75, 3.05) is 0 Å². The standard InChI is InChI=1S/C21H20ClN3O2/c1-14-7-8-17(15(2)11-14)19-9-10-21(27)25(24-19)13-20(26)23-12-16-5-3-4-6-18(16)22/h3-11H,12-13H2,1-2H3,(H,23,26). The van der Waals surface area contributed by atoms with Crippen LogP contribution in [0, 0.1) is 13.8 Å². The molecule has 0 aliphatic carbocycles. The van der Waals surface area contributed by atoms with E-state index in [4.69, 9.17) is 11.6 Å². The molecule has 0 bridgehead atoms. The van der Waals surface area contributed by atoms with Gasteiger partial charge in [0, 0.05) is 23.2 Å². The van der Waals surface area contributed by atoms with Crippen molar-refractivity contribution in [3.63, 3.8) is 0 Å². The van der Waals surface area contributed by atoms with Crippen LogP contribution in [0.3, 0.4) is 0 Å². The molecule has 5 nitrogen and oxygen atoms in total. The minimum atomic E-state index is -0.323. The summed E-state index contributed by atoms with van der Waals surface area (Å²) in [6.07, 6.45) is 0. The molecule has 1 N–H and O–H groups in total. The molecule has 0 unspecified atom stereocenters. The lowest BCUT2D eigenvalue weighted by Crippen LogP contribution is -2.33. The molecule has 0 saturated heterocycles. The third-order valence-electron chi connectivity index (χ3n) is 4.25. The van der Waals surface area contributed by atoms with Crippen molar-refractivity contribution in [3.8, 4) is 11.3 Å². The third kappa shape index (κ3) is 4.63. The van der Waals surface area contributed by atoms with Crippen molar-refractivity contribution in [3.05, 3.63) is 86.7 Å². The normalized spacial score (nSPS) is 10.6. The summed E-state index contributed by atoms with van der Waals surface area (Å²) >= 11 is 6.09. The number of carbonyl (C=O) groups is 1. The summed E-state index contributed by atoms with van der Waals surface area (Å²) < 4.78 is 1.18. The van der Waals surface area contributed by atoms with E-state index >= 15 is 0 Å². The largest absolute Gasteiger partial charge is 0.350 e. The van der Waals surface area contributed by atoms with E-state index in [1.165, 1.54) is 10.7 Å². The van der Waals surface area contributed by atoms with E-state index in [0.717, 1.165) is 22.3 Å². The zero-order valence-corrected chi connectivity index (χ0v) is 16.0. The first-order valence-electron chi connectivity index (χ1n) is 8.60. The predicted octanol–water partition coefficient (Wildman–Crippen LogP) is 3.50. The van der Waals surface area contributed by atoms with Crippen molar-refractivity contribution in [2.24, 2.45) is 0 Å². The molecule has 1 aromatic heterocycles. The first-order valence-corrected chi connectivity index (χ1v) is 8.98. The molecule has 0 aliphatic rings. The van der Waals surface area contributed by atoms with Crippen LogP contribution in [0.2, 0.25) is 5.02 Å². The highest BCUT2D eigenvalue weighted by molar-refractivity contribution is 6.31. The number of aromatic nitrogens is 2. The Morgan fingerprint density at radius 3 is 2.63 bits per heavy atom. The molecular formula is C21H20ClN3O2. The molecule has 138 valence electrons. The van der Waals surface area contributed by atoms with Gasteiger partial charge in [-0.1, -0.05) is 53.6 Å². The van der Waals surface area contributed by atoms with Crippen LogP contribution in [0.15, 0.2) is 59.4 Å². The average Bonchev–Trinajstić information content (AvgIpc) is 2.63. The molecule has 1 amide bonds. The lowest BCUT2D eigenvalue weighted by Gasteiger charge is -2.10. The highest BCUT2D eigenvalue weighted by Crippen LogP contribution is 2.21. The minimum absolute atomic E-state index is 0.151. The molecule has 3 aromatic rings. The summed E-state index contributed by atoms with van der Waals surface area (Å²) in [6.45, 7) is 4.16. The van der Waals surface area contributed by atoms with E-state index in [1.807, 2.05) is 44.2 Å². The van der Waals surface area contributed by atoms with Crippen LogP contribution in [0.4, 0.5) is 0 Å². The maximum absolute atomic E-state index is 12.3. The van der Waals surface area contributed by atoms with E-state index in [9.17, 15) is 9.59 Å². The quantitative estimate of drug-likeness (QED) is 0.735. The Morgan fingerprint density at radius 1 is 1.11 bits per heavy atom. The topological polar surface area (TPSA) is 64.0 Å². The highest BCUT2D eigenvalue weighted by Gasteiger charge is 2.10. The number of aryl methyl sites for hydroxylation is 2. The van der Waals surface area contributed by atoms with Crippen LogP contribution < -0.4 is 10.9 Å². The van der Waals surface area contributed by atoms with E-state index < -0.39 is 0 Å². The molecule has 0 fully saturated rings. The van der Waals surface area contributed by atoms with Gasteiger partial charge in [-0.05, 0) is 37.1 Å². The molecule has 0 saturated carbocycles. The van der Waals surface area contributed by atoms with Crippen molar-refractivity contribution in [1.29, 1.82) is 0 Å². The number of amides is 1. The SMILES string of the molecule is Cc1ccc(-c2ccc(=O)n(CC(=O)NCc3ccccc3Cl)n2)c(C)c1. The van der Waals surface area contributed by atoms with Crippen molar-refractivity contribution in [1.82, 2.24) is 15.1 Å². The zero-order chi connectivity index (χ0) is 19.4. The number of nitrogens with one attached hydrogen (secondary N) is 1. The number of halogens is 1. The van der Waals surface area contributed by atoms with E-state index in [0.29, 0.717) is 17.3 Å². The van der Waals surface area contributed by atoms with Crippen molar-refractivity contribution < 1.29 is 4.79 Å². The van der Waals surface area contributed by atoms with Gasteiger partial charge in [0.2, 0.25) is 5.91 Å². The summed E-state index contributed by atoms with van der Waals surface area (Å²) in [4.78, 5) is 24.4. The van der Waals surface area contributed by atoms with Crippen LogP contribution in [-0.4, -0.2) is 15.7 Å². The second-order valence-corrected chi connectivity index (χ2v) is 6.81. The molecule has 6 heteroatoms. The number of rotatable bonds is 5. The Hall–Kier alpha value is -2.92. The number of hydrogen-bond donors (Lipinski definition) is 1. The Labute approximate surface area is 162 Å². The summed E-state index contributed by atoms with van der Waals surface area (Å²) in [5.74, 6) is -0.303. The first-order chi connectivity index (χ1) is 12.9. The summed E-state index contributed by atoms with van der Waals surface area (Å²) in [7, 11) is 0. The fourth-order valence-electron chi connectivity index (χ4n) is 2.83. The van der Waals surface area contributed by atoms with Crippen LogP contribution in [0.5, 0.6) is 0 Å². The van der Waals surface area contributed by atoms with Gasteiger partial charge in [0.15, 0.2) is 0 Å². The van der Waals surface area contributed by atoms with Gasteiger partial charge in [0.25, 0.3) is 5.56 Å². The average molecular weight is 382 g/mol. The van der Waals surface area contributed by atoms with Gasteiger partial charge in [-0.3, -0.25) is 9.59 Å². The Morgan fingerprint density at radius 2 is 1.89 bits per heavy atom. The molecular weight excluding hydrogens is 362 g/mol. The molecule has 0 spiro atoms. The second kappa shape index (κ2) is 8.18. The minimum Gasteiger partial charge on any atom is -0.350 e. The molecule has 0 radical (unpaired) electrons. The van der Waals surface area contributed by atoms with Crippen LogP contribution in [0.1, 0.15) is 16.7 Å². The number of hydrogen-bond acceptors (Lipinski definition) is 3. The van der Waals surface area contributed by atoms with Crippen LogP contribution >= 0.6 is 11.6 Å². The van der Waals surface area contributed by atoms with Gasteiger partial charge in [0.05, 0.1) is 5.69 Å². The molecule has 27 heavy (non-hydrogen) atoms. The van der Waals surface area contributed by atoms with Gasteiger partial charge < -0.3 is 5.32 Å². The Kier molecular flexibility index (Phi) is 5.72. The maximum Gasteiger partial charge on any atom is 0.267 e. The van der Waals surface area contributed by atoms with Gasteiger partial charge in [-0.15, -0.1) is 0 Å². The Bertz CT molecular complexity index is 1040. The predicted molar refractivity (Wildman–Crippen MR) is 107 cm³/mol. The fraction of sp³-hybridized carbons (Fsp3) is 0.190. The number of carbonyl (C=O) groups excluding carboxylic acids is 1. The second-order valence-electron chi connectivity index (χ2n) is 6.40. The lowest BCUT2D eigenvalue weighted by molar-refractivity contribution is -0.122. The fourth-order valence-corrected chi connectivity index (χ4v) is 3.04. The number of nitrogens with zero attached hydrogens (tertiary/aromatic N) is 2. The van der Waals surface area contributed by atoms with Gasteiger partial charge >= 0.3 is 0 Å². The van der Waals surface area contributed by atoms with Crippen LogP contribution in [0.25, 0.3) is 11.3 Å². The summed E-state index contributed by atoms with van der Waals surface area (Å²) in [5, 5.41) is 7.72. The lowest BCUT2D eigenvalue weighted by atomic mass is 10.0. The molecule has 2 aromatic carbocycles. The van der Waals surface area contributed by atoms with Gasteiger partial charge in [-0.25, -0.2) is 4.68 Å². The highest BCUT2D eigenvalue weighted by atomic mass is 35.5.